The second-order valence-electron chi connectivity index (χ2n) is 8.68. The molecule has 2 aliphatic rings. The van der Waals surface area contributed by atoms with Crippen LogP contribution in [0, 0.1) is 0 Å². The average Bonchev–Trinajstić information content (AvgIpc) is 3.22. The highest BCUT2D eigenvalue weighted by Gasteiger charge is 2.32. The van der Waals surface area contributed by atoms with Crippen molar-refractivity contribution < 1.29 is 4.74 Å². The zero-order valence-corrected chi connectivity index (χ0v) is 20.2. The van der Waals surface area contributed by atoms with Crippen LogP contribution < -0.4 is 19.6 Å². The number of hydrogen-bond acceptors (Lipinski definition) is 4. The van der Waals surface area contributed by atoms with Crippen molar-refractivity contribution >= 4 is 29.2 Å². The topological polar surface area (TPSA) is 43.6 Å². The Bertz CT molecular complexity index is 1660. The van der Waals surface area contributed by atoms with Crippen molar-refractivity contribution in [2.24, 2.45) is 4.99 Å². The molecule has 5 heteroatoms. The van der Waals surface area contributed by atoms with Gasteiger partial charge in [-0.05, 0) is 53.3 Å². The Morgan fingerprint density at radius 2 is 1.83 bits per heavy atom. The zero-order valence-electron chi connectivity index (χ0n) is 19.3. The second-order valence-corrected chi connectivity index (χ2v) is 9.69. The molecule has 2 heterocycles. The van der Waals surface area contributed by atoms with Crippen LogP contribution in [0.25, 0.3) is 17.8 Å². The molecular formula is C30H24N2O2S. The Morgan fingerprint density at radius 1 is 1.00 bits per heavy atom. The molecule has 0 fully saturated rings. The lowest BCUT2D eigenvalue weighted by molar-refractivity contribution is 0.413. The summed E-state index contributed by atoms with van der Waals surface area (Å²) in [5.41, 5.74) is 6.80. The molecule has 1 aliphatic carbocycles. The van der Waals surface area contributed by atoms with Crippen LogP contribution in [0.2, 0.25) is 0 Å². The third kappa shape index (κ3) is 3.88. The van der Waals surface area contributed by atoms with Crippen LogP contribution >= 0.6 is 11.3 Å². The van der Waals surface area contributed by atoms with Crippen molar-refractivity contribution in [1.82, 2.24) is 4.57 Å². The van der Waals surface area contributed by atoms with E-state index < -0.39 is 0 Å². The number of benzene rings is 3. The van der Waals surface area contributed by atoms with E-state index in [0.29, 0.717) is 4.53 Å². The highest BCUT2D eigenvalue weighted by atomic mass is 32.1. The van der Waals surface area contributed by atoms with Crippen molar-refractivity contribution in [2.75, 3.05) is 7.11 Å². The van der Waals surface area contributed by atoms with Crippen LogP contribution in [0.5, 0.6) is 5.75 Å². The monoisotopic (exact) mass is 476 g/mol. The smallest absolute Gasteiger partial charge is 0.271 e. The lowest BCUT2D eigenvalue weighted by atomic mass is 9.83. The maximum atomic E-state index is 13.7. The number of aromatic nitrogens is 1. The van der Waals surface area contributed by atoms with E-state index in [-0.39, 0.29) is 11.6 Å². The Morgan fingerprint density at radius 3 is 2.69 bits per heavy atom. The molecule has 0 saturated carbocycles. The molecule has 4 nitrogen and oxygen atoms in total. The van der Waals surface area contributed by atoms with E-state index in [1.54, 1.807) is 7.11 Å². The van der Waals surface area contributed by atoms with Gasteiger partial charge in [0.1, 0.15) is 5.75 Å². The molecule has 0 amide bonds. The van der Waals surface area contributed by atoms with Crippen molar-refractivity contribution in [3.63, 3.8) is 0 Å². The van der Waals surface area contributed by atoms with Crippen LogP contribution in [0.3, 0.4) is 0 Å². The van der Waals surface area contributed by atoms with Gasteiger partial charge in [-0.1, -0.05) is 90.2 Å². The molecule has 4 aromatic rings. The van der Waals surface area contributed by atoms with Gasteiger partial charge in [0.05, 0.1) is 23.4 Å². The molecule has 0 bridgehead atoms. The minimum atomic E-state index is -0.204. The molecule has 3 aromatic carbocycles. The Hall–Kier alpha value is -3.96. The summed E-state index contributed by atoms with van der Waals surface area (Å²) in [5.74, 6) is 0.783. The summed E-state index contributed by atoms with van der Waals surface area (Å²) < 4.78 is 8.06. The van der Waals surface area contributed by atoms with Gasteiger partial charge in [0.15, 0.2) is 4.80 Å². The summed E-state index contributed by atoms with van der Waals surface area (Å²) in [6.07, 6.45) is 7.66. The minimum absolute atomic E-state index is 0.00955. The predicted octanol–water partition coefficient (Wildman–Crippen LogP) is 4.99. The molecule has 0 spiro atoms. The lowest BCUT2D eigenvalue weighted by Crippen LogP contribution is -2.38. The largest absolute Gasteiger partial charge is 0.497 e. The summed E-state index contributed by atoms with van der Waals surface area (Å²) in [5, 5.41) is 0. The van der Waals surface area contributed by atoms with Crippen molar-refractivity contribution in [2.45, 2.75) is 18.9 Å². The van der Waals surface area contributed by atoms with E-state index in [2.05, 4.69) is 30.3 Å². The Kier molecular flexibility index (Phi) is 5.55. The molecule has 0 saturated heterocycles. The van der Waals surface area contributed by atoms with Crippen LogP contribution in [-0.2, 0) is 6.42 Å². The van der Waals surface area contributed by atoms with Crippen LogP contribution in [0.4, 0.5) is 0 Å². The number of aryl methyl sites for hydroxylation is 1. The first-order chi connectivity index (χ1) is 17.2. The van der Waals surface area contributed by atoms with Gasteiger partial charge >= 0.3 is 0 Å². The van der Waals surface area contributed by atoms with Crippen LogP contribution in [-0.4, -0.2) is 11.7 Å². The molecule has 6 rings (SSSR count). The van der Waals surface area contributed by atoms with Crippen molar-refractivity contribution in [1.29, 1.82) is 0 Å². The van der Waals surface area contributed by atoms with Crippen LogP contribution in [0.1, 0.15) is 34.7 Å². The number of allylic oxidation sites excluding steroid dienone is 2. The van der Waals surface area contributed by atoms with Gasteiger partial charge in [0.25, 0.3) is 5.56 Å². The van der Waals surface area contributed by atoms with E-state index >= 15 is 0 Å². The quantitative estimate of drug-likeness (QED) is 0.416. The van der Waals surface area contributed by atoms with E-state index in [1.807, 2.05) is 71.3 Å². The fourth-order valence-electron chi connectivity index (χ4n) is 4.96. The number of rotatable bonds is 4. The second kappa shape index (κ2) is 9.01. The number of ether oxygens (including phenoxy) is 1. The number of fused-ring (bicyclic) bond motifs is 3. The SMILES string of the molecule is COc1cccc(C2C3=C(N=c4s/c(=C\C=C\c5ccccc5)c(=O)n42)c2ccccc2CC3)c1. The lowest BCUT2D eigenvalue weighted by Gasteiger charge is -2.31. The fourth-order valence-corrected chi connectivity index (χ4v) is 5.91. The molecule has 0 radical (unpaired) electrons. The normalized spacial score (nSPS) is 17.1. The van der Waals surface area contributed by atoms with Gasteiger partial charge in [-0.3, -0.25) is 9.36 Å². The fraction of sp³-hybridized carbons (Fsp3) is 0.133. The van der Waals surface area contributed by atoms with E-state index in [0.717, 1.165) is 40.2 Å². The summed E-state index contributed by atoms with van der Waals surface area (Å²) in [4.78, 5) is 19.5. The maximum absolute atomic E-state index is 13.7. The summed E-state index contributed by atoms with van der Waals surface area (Å²) in [6.45, 7) is 0. The van der Waals surface area contributed by atoms with E-state index in [9.17, 15) is 4.79 Å². The van der Waals surface area contributed by atoms with Gasteiger partial charge in [-0.15, -0.1) is 0 Å². The number of methoxy groups -OCH3 is 1. The predicted molar refractivity (Wildman–Crippen MR) is 142 cm³/mol. The molecule has 1 aromatic heterocycles. The molecule has 1 atom stereocenters. The minimum Gasteiger partial charge on any atom is -0.497 e. The first-order valence-corrected chi connectivity index (χ1v) is 12.5. The van der Waals surface area contributed by atoms with E-state index in [1.165, 1.54) is 28.0 Å². The Labute approximate surface area is 207 Å². The first kappa shape index (κ1) is 21.6. The molecule has 1 unspecified atom stereocenters. The van der Waals surface area contributed by atoms with Crippen molar-refractivity contribution in [3.05, 3.63) is 132 Å². The van der Waals surface area contributed by atoms with Gasteiger partial charge in [-0.25, -0.2) is 4.99 Å². The van der Waals surface area contributed by atoms with Crippen LogP contribution in [0.15, 0.2) is 100 Å². The van der Waals surface area contributed by atoms with Gasteiger partial charge in [0.2, 0.25) is 0 Å². The highest BCUT2D eigenvalue weighted by Crippen LogP contribution is 2.41. The maximum Gasteiger partial charge on any atom is 0.271 e. The summed E-state index contributed by atoms with van der Waals surface area (Å²) in [6, 6.07) is 26.4. The number of hydrogen-bond donors (Lipinski definition) is 0. The summed E-state index contributed by atoms with van der Waals surface area (Å²) in [7, 11) is 1.67. The molecule has 1 aliphatic heterocycles. The Balaban J connectivity index is 1.55. The standard InChI is InChI=1S/C30H24N2O2S/c1-34-23-14-8-13-22(19-23)28-25-18-17-21-12-5-6-15-24(21)27(25)31-30-32(28)29(33)26(35-30)16-7-11-20-9-3-2-4-10-20/h2-16,19,28H,17-18H2,1H3/b11-7+,26-16-. The zero-order chi connectivity index (χ0) is 23.8. The third-order valence-corrected chi connectivity index (χ3v) is 7.62. The molecular weight excluding hydrogens is 452 g/mol. The molecule has 0 N–H and O–H groups in total. The number of thiazole rings is 1. The van der Waals surface area contributed by atoms with E-state index in [4.69, 9.17) is 9.73 Å². The van der Waals surface area contributed by atoms with Gasteiger partial charge in [-0.2, -0.15) is 0 Å². The highest BCUT2D eigenvalue weighted by molar-refractivity contribution is 7.07. The third-order valence-electron chi connectivity index (χ3n) is 6.62. The van der Waals surface area contributed by atoms with Crippen molar-refractivity contribution in [3.8, 4) is 5.75 Å². The average molecular weight is 477 g/mol. The number of nitrogens with zero attached hydrogens (tertiary/aromatic N) is 2. The summed E-state index contributed by atoms with van der Waals surface area (Å²) >= 11 is 1.45. The van der Waals surface area contributed by atoms with Gasteiger partial charge in [0, 0.05) is 5.56 Å². The molecule has 172 valence electrons. The first-order valence-electron chi connectivity index (χ1n) is 11.7. The molecule has 35 heavy (non-hydrogen) atoms. The van der Waals surface area contributed by atoms with Gasteiger partial charge < -0.3 is 4.74 Å².